The summed E-state index contributed by atoms with van der Waals surface area (Å²) in [5.74, 6) is 0.138. The van der Waals surface area contributed by atoms with Crippen LogP contribution in [0.2, 0.25) is 0 Å². The highest BCUT2D eigenvalue weighted by Gasteiger charge is 2.21. The predicted molar refractivity (Wildman–Crippen MR) is 86.6 cm³/mol. The van der Waals surface area contributed by atoms with E-state index in [-0.39, 0.29) is 11.9 Å². The van der Waals surface area contributed by atoms with Crippen molar-refractivity contribution in [1.29, 1.82) is 0 Å². The summed E-state index contributed by atoms with van der Waals surface area (Å²) in [5, 5.41) is 0. The lowest BCUT2D eigenvalue weighted by Gasteiger charge is -2.27. The number of pyridine rings is 1. The van der Waals surface area contributed by atoms with Crippen LogP contribution in [0.3, 0.4) is 0 Å². The van der Waals surface area contributed by atoms with E-state index in [1.807, 2.05) is 30.1 Å². The van der Waals surface area contributed by atoms with Gasteiger partial charge in [0.15, 0.2) is 0 Å². The van der Waals surface area contributed by atoms with E-state index in [0.29, 0.717) is 26.2 Å². The van der Waals surface area contributed by atoms with Gasteiger partial charge in [-0.25, -0.2) is 0 Å². The van der Waals surface area contributed by atoms with Crippen LogP contribution in [0, 0.1) is 0 Å². The first-order valence-electron chi connectivity index (χ1n) is 7.94. The van der Waals surface area contributed by atoms with Gasteiger partial charge in [0.05, 0.1) is 24.9 Å². The number of aromatic nitrogens is 1. The molecule has 1 aromatic rings. The maximum absolute atomic E-state index is 12.3. The van der Waals surface area contributed by atoms with Gasteiger partial charge in [0, 0.05) is 33.4 Å². The van der Waals surface area contributed by atoms with Crippen molar-refractivity contribution < 1.29 is 14.3 Å². The number of carbonyl (C=O) groups is 1. The SMILES string of the molecule is CCC[C@@H](c1ccccn1)N(C)C(=O)CCCOCCOC. The molecule has 0 bridgehead atoms. The summed E-state index contributed by atoms with van der Waals surface area (Å²) in [7, 11) is 3.51. The zero-order valence-corrected chi connectivity index (χ0v) is 14.0. The van der Waals surface area contributed by atoms with Crippen molar-refractivity contribution in [2.24, 2.45) is 0 Å². The van der Waals surface area contributed by atoms with Gasteiger partial charge in [0.25, 0.3) is 0 Å². The fourth-order valence-corrected chi connectivity index (χ4v) is 2.31. The van der Waals surface area contributed by atoms with Crippen LogP contribution >= 0.6 is 0 Å². The van der Waals surface area contributed by atoms with E-state index in [2.05, 4.69) is 11.9 Å². The summed E-state index contributed by atoms with van der Waals surface area (Å²) >= 11 is 0. The molecule has 124 valence electrons. The van der Waals surface area contributed by atoms with E-state index in [1.165, 1.54) is 0 Å². The molecule has 0 N–H and O–H groups in total. The Morgan fingerprint density at radius 3 is 2.77 bits per heavy atom. The second-order valence-corrected chi connectivity index (χ2v) is 5.27. The number of hydrogen-bond acceptors (Lipinski definition) is 4. The second-order valence-electron chi connectivity index (χ2n) is 5.27. The molecule has 0 radical (unpaired) electrons. The Labute approximate surface area is 133 Å². The third-order valence-electron chi connectivity index (χ3n) is 3.56. The summed E-state index contributed by atoms with van der Waals surface area (Å²) < 4.78 is 10.3. The molecule has 0 aliphatic heterocycles. The number of rotatable bonds is 11. The van der Waals surface area contributed by atoms with Gasteiger partial charge in [0.2, 0.25) is 5.91 Å². The molecule has 0 saturated heterocycles. The van der Waals surface area contributed by atoms with Gasteiger partial charge in [0.1, 0.15) is 0 Å². The number of carbonyl (C=O) groups excluding carboxylic acids is 1. The Morgan fingerprint density at radius 1 is 1.32 bits per heavy atom. The molecule has 22 heavy (non-hydrogen) atoms. The molecule has 0 aliphatic carbocycles. The van der Waals surface area contributed by atoms with E-state index in [4.69, 9.17) is 9.47 Å². The molecule has 0 aliphatic rings. The largest absolute Gasteiger partial charge is 0.382 e. The molecule has 1 rings (SSSR count). The molecule has 1 atom stereocenters. The Hall–Kier alpha value is -1.46. The second kappa shape index (κ2) is 11.2. The maximum atomic E-state index is 12.3. The molecule has 0 spiro atoms. The van der Waals surface area contributed by atoms with E-state index >= 15 is 0 Å². The zero-order valence-electron chi connectivity index (χ0n) is 14.0. The lowest BCUT2D eigenvalue weighted by atomic mass is 10.1. The average Bonchev–Trinajstić information content (AvgIpc) is 2.55. The van der Waals surface area contributed by atoms with E-state index in [0.717, 1.165) is 25.0 Å². The van der Waals surface area contributed by atoms with Crippen LogP contribution in [0.1, 0.15) is 44.3 Å². The van der Waals surface area contributed by atoms with Crippen molar-refractivity contribution in [3.63, 3.8) is 0 Å². The van der Waals surface area contributed by atoms with Crippen LogP contribution < -0.4 is 0 Å². The summed E-state index contributed by atoms with van der Waals surface area (Å²) in [4.78, 5) is 18.6. The van der Waals surface area contributed by atoms with E-state index < -0.39 is 0 Å². The molecular formula is C17H28N2O3. The first kappa shape index (κ1) is 18.6. The number of hydrogen-bond donors (Lipinski definition) is 0. The Balaban J connectivity index is 2.44. The highest BCUT2D eigenvalue weighted by molar-refractivity contribution is 5.76. The van der Waals surface area contributed by atoms with Gasteiger partial charge >= 0.3 is 0 Å². The minimum Gasteiger partial charge on any atom is -0.382 e. The van der Waals surface area contributed by atoms with Crippen molar-refractivity contribution in [2.45, 2.75) is 38.6 Å². The summed E-state index contributed by atoms with van der Waals surface area (Å²) in [6, 6.07) is 5.89. The van der Waals surface area contributed by atoms with Crippen LogP contribution in [-0.4, -0.2) is 49.8 Å². The first-order chi connectivity index (χ1) is 10.7. The minimum atomic E-state index is 0.0492. The molecule has 0 aromatic carbocycles. The molecule has 5 nitrogen and oxygen atoms in total. The predicted octanol–water partition coefficient (Wildman–Crippen LogP) is 2.82. The lowest BCUT2D eigenvalue weighted by molar-refractivity contribution is -0.132. The third-order valence-corrected chi connectivity index (χ3v) is 3.56. The summed E-state index contributed by atoms with van der Waals surface area (Å²) in [6.45, 7) is 3.88. The molecule has 0 unspecified atom stereocenters. The minimum absolute atomic E-state index is 0.0492. The third kappa shape index (κ3) is 6.54. The number of ether oxygens (including phenoxy) is 2. The van der Waals surface area contributed by atoms with Crippen LogP contribution in [0.15, 0.2) is 24.4 Å². The number of nitrogens with zero attached hydrogens (tertiary/aromatic N) is 2. The Bertz CT molecular complexity index is 412. The van der Waals surface area contributed by atoms with Crippen molar-refractivity contribution in [3.8, 4) is 0 Å². The van der Waals surface area contributed by atoms with Crippen LogP contribution in [0.25, 0.3) is 0 Å². The maximum Gasteiger partial charge on any atom is 0.222 e. The summed E-state index contributed by atoms with van der Waals surface area (Å²) in [6.07, 6.45) is 4.94. The highest BCUT2D eigenvalue weighted by atomic mass is 16.5. The standard InChI is InChI=1S/C17H28N2O3/c1-4-8-16(15-9-5-6-11-18-15)19(2)17(20)10-7-12-22-14-13-21-3/h5-6,9,11,16H,4,7-8,10,12-14H2,1-3H3/t16-/m0/s1. The van der Waals surface area contributed by atoms with Crippen LogP contribution in [0.4, 0.5) is 0 Å². The number of methoxy groups -OCH3 is 1. The molecular weight excluding hydrogens is 280 g/mol. The fourth-order valence-electron chi connectivity index (χ4n) is 2.31. The monoisotopic (exact) mass is 308 g/mol. The van der Waals surface area contributed by atoms with E-state index in [1.54, 1.807) is 13.3 Å². The van der Waals surface area contributed by atoms with Gasteiger partial charge in [-0.1, -0.05) is 19.4 Å². The van der Waals surface area contributed by atoms with Gasteiger partial charge in [-0.05, 0) is 25.0 Å². The molecule has 5 heteroatoms. The Kier molecular flexibility index (Phi) is 9.42. The van der Waals surface area contributed by atoms with Crippen molar-refractivity contribution in [1.82, 2.24) is 9.88 Å². The van der Waals surface area contributed by atoms with Gasteiger partial charge in [-0.3, -0.25) is 9.78 Å². The van der Waals surface area contributed by atoms with Gasteiger partial charge in [-0.2, -0.15) is 0 Å². The topological polar surface area (TPSA) is 51.7 Å². The first-order valence-corrected chi connectivity index (χ1v) is 7.94. The molecule has 0 fully saturated rings. The molecule has 1 heterocycles. The van der Waals surface area contributed by atoms with Gasteiger partial charge in [-0.15, -0.1) is 0 Å². The average molecular weight is 308 g/mol. The zero-order chi connectivity index (χ0) is 16.2. The molecule has 1 amide bonds. The smallest absolute Gasteiger partial charge is 0.222 e. The van der Waals surface area contributed by atoms with Crippen LogP contribution in [-0.2, 0) is 14.3 Å². The number of amides is 1. The van der Waals surface area contributed by atoms with Gasteiger partial charge < -0.3 is 14.4 Å². The molecule has 0 saturated carbocycles. The quantitative estimate of drug-likeness (QED) is 0.590. The normalized spacial score (nSPS) is 12.1. The van der Waals surface area contributed by atoms with Crippen molar-refractivity contribution >= 4 is 5.91 Å². The van der Waals surface area contributed by atoms with Crippen molar-refractivity contribution in [2.75, 3.05) is 34.0 Å². The molecule has 1 aromatic heterocycles. The lowest BCUT2D eigenvalue weighted by Crippen LogP contribution is -2.31. The fraction of sp³-hybridized carbons (Fsp3) is 0.647. The highest BCUT2D eigenvalue weighted by Crippen LogP contribution is 2.23. The summed E-state index contributed by atoms with van der Waals surface area (Å²) in [5.41, 5.74) is 0.955. The van der Waals surface area contributed by atoms with E-state index in [9.17, 15) is 4.79 Å². The van der Waals surface area contributed by atoms with Crippen LogP contribution in [0.5, 0.6) is 0 Å². The van der Waals surface area contributed by atoms with Crippen molar-refractivity contribution in [3.05, 3.63) is 30.1 Å². The Morgan fingerprint density at radius 2 is 2.14 bits per heavy atom.